The van der Waals surface area contributed by atoms with Gasteiger partial charge >= 0.3 is 5.63 Å². The maximum Gasteiger partial charge on any atom is 0.339 e. The van der Waals surface area contributed by atoms with Crippen LogP contribution in [0.15, 0.2) is 51.7 Å². The number of aryl methyl sites for hydroxylation is 1. The molecule has 0 spiro atoms. The number of ether oxygens (including phenoxy) is 1. The molecule has 0 radical (unpaired) electrons. The number of carbonyl (C=O) groups is 1. The number of ketones is 1. The van der Waals surface area contributed by atoms with Gasteiger partial charge in [0.2, 0.25) is 0 Å². The highest BCUT2D eigenvalue weighted by Crippen LogP contribution is 2.24. The molecule has 1 aromatic heterocycles. The lowest BCUT2D eigenvalue weighted by molar-refractivity contribution is 0.101. The lowest BCUT2D eigenvalue weighted by atomic mass is 10.1. The Hall–Kier alpha value is -3.12. The van der Waals surface area contributed by atoms with Crippen molar-refractivity contribution < 1.29 is 19.1 Å². The van der Waals surface area contributed by atoms with Crippen molar-refractivity contribution in [2.24, 2.45) is 0 Å². The Morgan fingerprint density at radius 2 is 1.86 bits per heavy atom. The van der Waals surface area contributed by atoms with Crippen LogP contribution in [0.25, 0.3) is 11.0 Å². The fourth-order valence-electron chi connectivity index (χ4n) is 2.83. The Morgan fingerprint density at radius 1 is 1.14 bits per heavy atom. The van der Waals surface area contributed by atoms with E-state index >= 15 is 0 Å². The van der Waals surface area contributed by atoms with E-state index < -0.39 is 6.10 Å². The number of aliphatic hydroxyl groups excluding tert-OH is 1. The summed E-state index contributed by atoms with van der Waals surface area (Å²) in [6, 6.07) is 12.3. The molecular formula is C22H23NO5. The van der Waals surface area contributed by atoms with Crippen molar-refractivity contribution in [1.29, 1.82) is 0 Å². The summed E-state index contributed by atoms with van der Waals surface area (Å²) in [5.41, 5.74) is 3.04. The molecule has 0 aliphatic heterocycles. The quantitative estimate of drug-likeness (QED) is 0.481. The zero-order valence-corrected chi connectivity index (χ0v) is 16.1. The van der Waals surface area contributed by atoms with E-state index in [1.165, 1.54) is 6.92 Å². The van der Waals surface area contributed by atoms with Gasteiger partial charge in [-0.2, -0.15) is 0 Å². The van der Waals surface area contributed by atoms with Gasteiger partial charge in [-0.3, -0.25) is 4.79 Å². The maximum absolute atomic E-state index is 11.8. The van der Waals surface area contributed by atoms with Crippen molar-refractivity contribution in [3.8, 4) is 5.75 Å². The van der Waals surface area contributed by atoms with E-state index in [0.29, 0.717) is 29.0 Å². The maximum atomic E-state index is 11.8. The highest BCUT2D eigenvalue weighted by atomic mass is 16.5. The number of anilines is 1. The Bertz CT molecular complexity index is 1050. The van der Waals surface area contributed by atoms with Crippen molar-refractivity contribution >= 4 is 22.4 Å². The molecule has 0 bridgehead atoms. The second-order valence-corrected chi connectivity index (χ2v) is 6.78. The monoisotopic (exact) mass is 381 g/mol. The number of carbonyl (C=O) groups excluding carboxylic acids is 1. The van der Waals surface area contributed by atoms with Gasteiger partial charge in [0.1, 0.15) is 24.0 Å². The van der Waals surface area contributed by atoms with Crippen molar-refractivity contribution in [1.82, 2.24) is 0 Å². The summed E-state index contributed by atoms with van der Waals surface area (Å²) in [4.78, 5) is 23.1. The number of hydrogen-bond donors (Lipinski definition) is 2. The molecule has 1 atom stereocenters. The summed E-state index contributed by atoms with van der Waals surface area (Å²) in [5.74, 6) is 0.528. The summed E-state index contributed by atoms with van der Waals surface area (Å²) in [5, 5.41) is 14.1. The third-order valence-electron chi connectivity index (χ3n) is 4.70. The Balaban J connectivity index is 1.58. The van der Waals surface area contributed by atoms with Crippen LogP contribution in [-0.2, 0) is 0 Å². The van der Waals surface area contributed by atoms with E-state index in [1.54, 1.807) is 43.3 Å². The lowest BCUT2D eigenvalue weighted by Crippen LogP contribution is -2.26. The molecule has 0 aliphatic rings. The van der Waals surface area contributed by atoms with Crippen LogP contribution in [0.3, 0.4) is 0 Å². The summed E-state index contributed by atoms with van der Waals surface area (Å²) in [6.07, 6.45) is -0.741. The molecule has 3 aromatic rings. The van der Waals surface area contributed by atoms with Crippen LogP contribution in [-0.4, -0.2) is 30.1 Å². The van der Waals surface area contributed by atoms with Crippen LogP contribution in [0.2, 0.25) is 0 Å². The Morgan fingerprint density at radius 3 is 2.54 bits per heavy atom. The van der Waals surface area contributed by atoms with E-state index in [9.17, 15) is 14.7 Å². The minimum atomic E-state index is -0.741. The van der Waals surface area contributed by atoms with Crippen LogP contribution in [0.4, 0.5) is 5.69 Å². The molecule has 1 heterocycles. The average molecular weight is 381 g/mol. The second kappa shape index (κ2) is 8.27. The van der Waals surface area contributed by atoms with E-state index in [2.05, 4.69) is 5.32 Å². The van der Waals surface area contributed by atoms with Gasteiger partial charge in [-0.05, 0) is 62.7 Å². The van der Waals surface area contributed by atoms with Crippen LogP contribution in [0.5, 0.6) is 5.75 Å². The Labute approximate surface area is 162 Å². The van der Waals surface area contributed by atoms with Gasteiger partial charge in [0.05, 0.1) is 0 Å². The molecule has 3 rings (SSSR count). The number of hydrogen-bond acceptors (Lipinski definition) is 6. The molecule has 2 aromatic carbocycles. The van der Waals surface area contributed by atoms with Crippen LogP contribution >= 0.6 is 0 Å². The van der Waals surface area contributed by atoms with Gasteiger partial charge in [0.25, 0.3) is 0 Å². The van der Waals surface area contributed by atoms with Gasteiger partial charge in [0, 0.05) is 34.8 Å². The molecule has 0 aliphatic carbocycles. The van der Waals surface area contributed by atoms with Crippen molar-refractivity contribution in [2.45, 2.75) is 26.9 Å². The largest absolute Gasteiger partial charge is 0.491 e. The summed E-state index contributed by atoms with van der Waals surface area (Å²) >= 11 is 0. The minimum Gasteiger partial charge on any atom is -0.491 e. The minimum absolute atomic E-state index is 0.0107. The molecule has 0 unspecified atom stereocenters. The van der Waals surface area contributed by atoms with E-state index in [0.717, 1.165) is 16.6 Å². The summed E-state index contributed by atoms with van der Waals surface area (Å²) < 4.78 is 10.9. The number of nitrogens with one attached hydrogen (secondary N) is 1. The predicted molar refractivity (Wildman–Crippen MR) is 108 cm³/mol. The smallest absolute Gasteiger partial charge is 0.339 e. The van der Waals surface area contributed by atoms with Gasteiger partial charge in [-0.25, -0.2) is 4.79 Å². The van der Waals surface area contributed by atoms with Crippen molar-refractivity contribution in [3.05, 3.63) is 69.6 Å². The lowest BCUT2D eigenvalue weighted by Gasteiger charge is -2.14. The number of fused-ring (bicyclic) bond motifs is 1. The third kappa shape index (κ3) is 4.40. The number of Topliss-reactive ketones (excluding diaryl/α,β-unsaturated/α-hetero) is 1. The molecule has 6 heteroatoms. The molecule has 0 saturated heterocycles. The van der Waals surface area contributed by atoms with Gasteiger partial charge in [-0.1, -0.05) is 0 Å². The van der Waals surface area contributed by atoms with Crippen molar-refractivity contribution in [2.75, 3.05) is 18.5 Å². The highest BCUT2D eigenvalue weighted by molar-refractivity contribution is 5.94. The average Bonchev–Trinajstić information content (AvgIpc) is 2.69. The highest BCUT2D eigenvalue weighted by Gasteiger charge is 2.10. The topological polar surface area (TPSA) is 88.8 Å². The van der Waals surface area contributed by atoms with E-state index in [-0.39, 0.29) is 18.0 Å². The SMILES string of the molecule is CC(=O)c1ccc(NC[C@H](O)COc2ccc3c(C)c(C)c(=O)oc3c2)cc1. The van der Waals surface area contributed by atoms with Crippen LogP contribution in [0, 0.1) is 13.8 Å². The molecule has 28 heavy (non-hydrogen) atoms. The molecule has 146 valence electrons. The molecule has 0 amide bonds. The van der Waals surface area contributed by atoms with Gasteiger partial charge in [0.15, 0.2) is 5.78 Å². The molecule has 0 saturated carbocycles. The fourth-order valence-corrected chi connectivity index (χ4v) is 2.83. The van der Waals surface area contributed by atoms with Gasteiger partial charge < -0.3 is 19.6 Å². The van der Waals surface area contributed by atoms with Gasteiger partial charge in [-0.15, -0.1) is 0 Å². The first-order chi connectivity index (χ1) is 13.3. The van der Waals surface area contributed by atoms with E-state index in [4.69, 9.17) is 9.15 Å². The zero-order valence-electron chi connectivity index (χ0n) is 16.1. The number of rotatable bonds is 7. The molecule has 6 nitrogen and oxygen atoms in total. The van der Waals surface area contributed by atoms with Crippen LogP contribution < -0.4 is 15.7 Å². The fraction of sp³-hybridized carbons (Fsp3) is 0.273. The van der Waals surface area contributed by atoms with Crippen LogP contribution in [0.1, 0.15) is 28.4 Å². The predicted octanol–water partition coefficient (Wildman–Crippen LogP) is 3.46. The van der Waals surface area contributed by atoms with Crippen molar-refractivity contribution in [3.63, 3.8) is 0 Å². The summed E-state index contributed by atoms with van der Waals surface area (Å²) in [6.45, 7) is 5.51. The van der Waals surface area contributed by atoms with E-state index in [1.807, 2.05) is 13.0 Å². The molecular weight excluding hydrogens is 358 g/mol. The number of aliphatic hydroxyl groups is 1. The molecule has 2 N–H and O–H groups in total. The standard InChI is InChI=1S/C22H23NO5/c1-13-14(2)22(26)28-21-10-19(8-9-20(13)21)27-12-18(25)11-23-17-6-4-16(5-7-17)15(3)24/h4-10,18,23,25H,11-12H2,1-3H3/t18-/m0/s1. The Kier molecular flexibility index (Phi) is 5.80. The first kappa shape index (κ1) is 19.6. The summed E-state index contributed by atoms with van der Waals surface area (Å²) in [7, 11) is 0. The first-order valence-corrected chi connectivity index (χ1v) is 9.05. The number of benzene rings is 2. The molecule has 0 fully saturated rings. The first-order valence-electron chi connectivity index (χ1n) is 9.05. The third-order valence-corrected chi connectivity index (χ3v) is 4.70. The normalized spacial score (nSPS) is 12.0. The second-order valence-electron chi connectivity index (χ2n) is 6.78. The zero-order chi connectivity index (χ0) is 20.3.